The third-order valence-corrected chi connectivity index (χ3v) is 2.70. The topological polar surface area (TPSA) is 32.3 Å². The summed E-state index contributed by atoms with van der Waals surface area (Å²) in [4.78, 5) is 13.4. The van der Waals surface area contributed by atoms with E-state index in [1.54, 1.807) is 0 Å². The minimum absolute atomic E-state index is 0.195. The van der Waals surface area contributed by atoms with Crippen molar-refractivity contribution in [2.75, 3.05) is 32.5 Å². The molecule has 0 unspecified atom stereocenters. The summed E-state index contributed by atoms with van der Waals surface area (Å²) in [6.45, 7) is 1.92. The highest BCUT2D eigenvalue weighted by molar-refractivity contribution is 9.09. The first-order valence-corrected chi connectivity index (χ1v) is 6.76. The van der Waals surface area contributed by atoms with E-state index in [0.29, 0.717) is 6.42 Å². The number of carbonyl (C=O) groups excluding carboxylic acids is 1. The lowest BCUT2D eigenvalue weighted by Gasteiger charge is -2.09. The van der Waals surface area contributed by atoms with E-state index in [9.17, 15) is 4.79 Å². The summed E-state index contributed by atoms with van der Waals surface area (Å²) in [6.07, 6.45) is 4.94. The summed E-state index contributed by atoms with van der Waals surface area (Å²) in [5.41, 5.74) is 0. The molecule has 0 aliphatic carbocycles. The number of rotatable bonds is 9. The van der Waals surface area contributed by atoms with Crippen LogP contribution in [-0.2, 0) is 4.79 Å². The van der Waals surface area contributed by atoms with E-state index in [1.165, 1.54) is 0 Å². The van der Waals surface area contributed by atoms with E-state index in [1.807, 2.05) is 0 Å². The van der Waals surface area contributed by atoms with Crippen LogP contribution in [0.5, 0.6) is 0 Å². The van der Waals surface area contributed by atoms with Gasteiger partial charge < -0.3 is 10.2 Å². The molecule has 0 rings (SSSR count). The predicted octanol–water partition coefficient (Wildman–Crippen LogP) is 2.01. The second kappa shape index (κ2) is 10.4. The van der Waals surface area contributed by atoms with Crippen molar-refractivity contribution in [3.8, 4) is 0 Å². The molecule has 90 valence electrons. The van der Waals surface area contributed by atoms with Crippen LogP contribution in [0.2, 0.25) is 0 Å². The summed E-state index contributed by atoms with van der Waals surface area (Å²) in [5.74, 6) is 0.195. The zero-order valence-electron chi connectivity index (χ0n) is 9.89. The Kier molecular flexibility index (Phi) is 10.4. The number of amides is 1. The lowest BCUT2D eigenvalue weighted by molar-refractivity contribution is -0.121. The average Bonchev–Trinajstić information content (AvgIpc) is 2.17. The minimum atomic E-state index is 0.195. The Balaban J connectivity index is 3.17. The molecule has 1 N–H and O–H groups in total. The van der Waals surface area contributed by atoms with Crippen LogP contribution in [0.4, 0.5) is 0 Å². The highest BCUT2D eigenvalue weighted by atomic mass is 79.9. The van der Waals surface area contributed by atoms with Gasteiger partial charge >= 0.3 is 0 Å². The van der Waals surface area contributed by atoms with Gasteiger partial charge in [-0.25, -0.2) is 0 Å². The maximum atomic E-state index is 11.3. The minimum Gasteiger partial charge on any atom is -0.356 e. The average molecular weight is 279 g/mol. The first-order chi connectivity index (χ1) is 7.16. The normalized spacial score (nSPS) is 10.7. The van der Waals surface area contributed by atoms with E-state index < -0.39 is 0 Å². The van der Waals surface area contributed by atoms with Crippen molar-refractivity contribution in [2.24, 2.45) is 0 Å². The van der Waals surface area contributed by atoms with Gasteiger partial charge in [0.2, 0.25) is 5.91 Å². The lowest BCUT2D eigenvalue weighted by atomic mass is 10.2. The lowest BCUT2D eigenvalue weighted by Crippen LogP contribution is -2.24. The van der Waals surface area contributed by atoms with Crippen LogP contribution < -0.4 is 5.32 Å². The molecular weight excluding hydrogens is 256 g/mol. The molecule has 0 atom stereocenters. The molecule has 0 aliphatic heterocycles. The van der Waals surface area contributed by atoms with E-state index in [0.717, 1.165) is 44.1 Å². The molecule has 15 heavy (non-hydrogen) atoms. The van der Waals surface area contributed by atoms with Gasteiger partial charge in [0.1, 0.15) is 0 Å². The van der Waals surface area contributed by atoms with Gasteiger partial charge in [0, 0.05) is 18.3 Å². The molecule has 0 bridgehead atoms. The molecule has 0 aromatic rings. The number of halogens is 1. The second-order valence-corrected chi connectivity index (χ2v) is 4.80. The molecule has 0 aliphatic rings. The zero-order chi connectivity index (χ0) is 11.5. The van der Waals surface area contributed by atoms with E-state index >= 15 is 0 Å². The van der Waals surface area contributed by atoms with Crippen molar-refractivity contribution in [1.82, 2.24) is 10.2 Å². The van der Waals surface area contributed by atoms with Gasteiger partial charge in [0.05, 0.1) is 0 Å². The van der Waals surface area contributed by atoms with Crippen LogP contribution in [-0.4, -0.2) is 43.3 Å². The number of carbonyl (C=O) groups is 1. The van der Waals surface area contributed by atoms with Crippen LogP contribution in [0.15, 0.2) is 0 Å². The van der Waals surface area contributed by atoms with Gasteiger partial charge in [-0.05, 0) is 46.3 Å². The first kappa shape index (κ1) is 14.9. The summed E-state index contributed by atoms with van der Waals surface area (Å²) >= 11 is 3.35. The summed E-state index contributed by atoms with van der Waals surface area (Å²) in [7, 11) is 4.14. The molecule has 0 heterocycles. The smallest absolute Gasteiger partial charge is 0.219 e. The van der Waals surface area contributed by atoms with Gasteiger partial charge in [-0.15, -0.1) is 0 Å². The summed E-state index contributed by atoms with van der Waals surface area (Å²) < 4.78 is 0. The van der Waals surface area contributed by atoms with Crippen LogP contribution in [0.3, 0.4) is 0 Å². The fraction of sp³-hybridized carbons (Fsp3) is 0.909. The summed E-state index contributed by atoms with van der Waals surface area (Å²) in [6, 6.07) is 0. The van der Waals surface area contributed by atoms with Gasteiger partial charge in [0.15, 0.2) is 0 Å². The molecule has 0 radical (unpaired) electrons. The van der Waals surface area contributed by atoms with Gasteiger partial charge in [0.25, 0.3) is 0 Å². The number of hydrogen-bond acceptors (Lipinski definition) is 2. The maximum absolute atomic E-state index is 11.3. The van der Waals surface area contributed by atoms with Crippen molar-refractivity contribution in [3.63, 3.8) is 0 Å². The SMILES string of the molecule is CN(C)CCCCNC(=O)CCCCBr. The Morgan fingerprint density at radius 2 is 1.93 bits per heavy atom. The fourth-order valence-corrected chi connectivity index (χ4v) is 1.65. The summed E-state index contributed by atoms with van der Waals surface area (Å²) in [5, 5.41) is 3.93. The third-order valence-electron chi connectivity index (χ3n) is 2.14. The zero-order valence-corrected chi connectivity index (χ0v) is 11.5. The van der Waals surface area contributed by atoms with Gasteiger partial charge in [-0.1, -0.05) is 15.9 Å². The quantitative estimate of drug-likeness (QED) is 0.517. The molecule has 0 fully saturated rings. The Morgan fingerprint density at radius 1 is 1.20 bits per heavy atom. The van der Waals surface area contributed by atoms with Crippen molar-refractivity contribution in [3.05, 3.63) is 0 Å². The van der Waals surface area contributed by atoms with Crippen LogP contribution in [0.1, 0.15) is 32.1 Å². The monoisotopic (exact) mass is 278 g/mol. The maximum Gasteiger partial charge on any atom is 0.219 e. The van der Waals surface area contributed by atoms with Crippen LogP contribution in [0, 0.1) is 0 Å². The second-order valence-electron chi connectivity index (χ2n) is 4.01. The predicted molar refractivity (Wildman–Crippen MR) is 68.4 cm³/mol. The molecule has 0 aromatic heterocycles. The van der Waals surface area contributed by atoms with Crippen molar-refractivity contribution >= 4 is 21.8 Å². The van der Waals surface area contributed by atoms with Crippen molar-refractivity contribution in [2.45, 2.75) is 32.1 Å². The standard InChI is InChI=1S/C11H23BrN2O/c1-14(2)10-6-5-9-13-11(15)7-3-4-8-12/h3-10H2,1-2H3,(H,13,15). The molecule has 0 spiro atoms. The van der Waals surface area contributed by atoms with E-state index in [4.69, 9.17) is 0 Å². The molecule has 0 aromatic carbocycles. The Bertz CT molecular complexity index is 163. The number of nitrogens with one attached hydrogen (secondary N) is 1. The third kappa shape index (κ3) is 11.8. The van der Waals surface area contributed by atoms with Gasteiger partial charge in [-0.3, -0.25) is 4.79 Å². The van der Waals surface area contributed by atoms with Crippen LogP contribution in [0.25, 0.3) is 0 Å². The Labute approximate surface area is 102 Å². The molecule has 4 heteroatoms. The Hall–Kier alpha value is -0.0900. The van der Waals surface area contributed by atoms with E-state index in [-0.39, 0.29) is 5.91 Å². The molecular formula is C11H23BrN2O. The highest BCUT2D eigenvalue weighted by Gasteiger charge is 1.99. The highest BCUT2D eigenvalue weighted by Crippen LogP contribution is 1.98. The Morgan fingerprint density at radius 3 is 2.53 bits per heavy atom. The number of nitrogens with zero attached hydrogens (tertiary/aromatic N) is 1. The van der Waals surface area contributed by atoms with E-state index in [2.05, 4.69) is 40.2 Å². The van der Waals surface area contributed by atoms with Crippen molar-refractivity contribution < 1.29 is 4.79 Å². The van der Waals surface area contributed by atoms with Crippen LogP contribution >= 0.6 is 15.9 Å². The number of unbranched alkanes of at least 4 members (excludes halogenated alkanes) is 2. The van der Waals surface area contributed by atoms with Gasteiger partial charge in [-0.2, -0.15) is 0 Å². The molecule has 0 saturated carbocycles. The first-order valence-electron chi connectivity index (χ1n) is 5.64. The molecule has 3 nitrogen and oxygen atoms in total. The number of alkyl halides is 1. The largest absolute Gasteiger partial charge is 0.356 e. The van der Waals surface area contributed by atoms with Crippen molar-refractivity contribution in [1.29, 1.82) is 0 Å². The fourth-order valence-electron chi connectivity index (χ4n) is 1.25. The molecule has 1 amide bonds. The molecule has 0 saturated heterocycles. The number of hydrogen-bond donors (Lipinski definition) is 1.